The van der Waals surface area contributed by atoms with Gasteiger partial charge in [0.25, 0.3) is 0 Å². The zero-order valence-electron chi connectivity index (χ0n) is 19.7. The molecule has 0 aliphatic rings. The minimum Gasteiger partial charge on any atom is -0.508 e. The standard InChI is InChI=1S/C22H34N4O7S2/c1-34-9-7-15(23)19(29)25-17(11-13-3-5-14(28)6-4-13)20(30)26-18(12-27)21(31)24-16(22(32)33)8-10-35-2/h3-6,15-18,27-28H,7-12,23H2,1-2H3,(H,24,31)(H,25,29)(H,26,30)(H,32,33). The molecular formula is C22H34N4O7S2. The van der Waals surface area contributed by atoms with Gasteiger partial charge in [-0.25, -0.2) is 4.79 Å². The van der Waals surface area contributed by atoms with Crippen molar-refractivity contribution >= 4 is 47.2 Å². The van der Waals surface area contributed by atoms with Crippen LogP contribution in [0.4, 0.5) is 0 Å². The molecule has 0 saturated carbocycles. The van der Waals surface area contributed by atoms with Crippen LogP contribution < -0.4 is 21.7 Å². The fourth-order valence-electron chi connectivity index (χ4n) is 2.96. The number of aliphatic hydroxyl groups excluding tert-OH is 1. The molecule has 35 heavy (non-hydrogen) atoms. The van der Waals surface area contributed by atoms with Gasteiger partial charge in [-0.05, 0) is 54.6 Å². The summed E-state index contributed by atoms with van der Waals surface area (Å²) in [6, 6.07) is 1.43. The molecule has 0 saturated heterocycles. The number of hydrogen-bond acceptors (Lipinski definition) is 9. The molecule has 11 nitrogen and oxygen atoms in total. The Hall–Kier alpha value is -2.48. The molecular weight excluding hydrogens is 496 g/mol. The van der Waals surface area contributed by atoms with E-state index in [9.17, 15) is 34.5 Å². The Morgan fingerprint density at radius 2 is 1.37 bits per heavy atom. The average molecular weight is 531 g/mol. The second-order valence-electron chi connectivity index (χ2n) is 7.74. The molecule has 8 N–H and O–H groups in total. The Kier molecular flexibility index (Phi) is 14.2. The van der Waals surface area contributed by atoms with Gasteiger partial charge in [0.2, 0.25) is 17.7 Å². The lowest BCUT2D eigenvalue weighted by atomic mass is 10.0. The summed E-state index contributed by atoms with van der Waals surface area (Å²) in [6.07, 6.45) is 4.27. The van der Waals surface area contributed by atoms with Crippen molar-refractivity contribution in [3.8, 4) is 5.75 Å². The van der Waals surface area contributed by atoms with Crippen LogP contribution in [0, 0.1) is 0 Å². The van der Waals surface area contributed by atoms with Crippen LogP contribution in [0.25, 0.3) is 0 Å². The van der Waals surface area contributed by atoms with E-state index in [1.54, 1.807) is 18.4 Å². The number of phenols is 1. The van der Waals surface area contributed by atoms with Crippen molar-refractivity contribution in [1.82, 2.24) is 16.0 Å². The van der Waals surface area contributed by atoms with E-state index >= 15 is 0 Å². The number of carboxylic acids is 1. The predicted octanol–water partition coefficient (Wildman–Crippen LogP) is -0.700. The highest BCUT2D eigenvalue weighted by Gasteiger charge is 2.30. The second-order valence-corrected chi connectivity index (χ2v) is 9.72. The Bertz CT molecular complexity index is 842. The van der Waals surface area contributed by atoms with Crippen molar-refractivity contribution in [2.45, 2.75) is 43.4 Å². The fourth-order valence-corrected chi connectivity index (χ4v) is 3.92. The number of nitrogens with one attached hydrogen (secondary N) is 3. The van der Waals surface area contributed by atoms with Crippen molar-refractivity contribution < 1.29 is 34.5 Å². The van der Waals surface area contributed by atoms with E-state index in [1.807, 2.05) is 6.26 Å². The first-order valence-corrected chi connectivity index (χ1v) is 13.7. The molecule has 0 spiro atoms. The zero-order chi connectivity index (χ0) is 26.4. The number of carboxylic acid groups (broad SMARTS) is 1. The van der Waals surface area contributed by atoms with E-state index in [0.29, 0.717) is 23.5 Å². The number of carbonyl (C=O) groups excluding carboxylic acids is 3. The van der Waals surface area contributed by atoms with Gasteiger partial charge in [0.15, 0.2) is 0 Å². The lowest BCUT2D eigenvalue weighted by molar-refractivity contribution is -0.142. The molecule has 4 unspecified atom stereocenters. The van der Waals surface area contributed by atoms with Gasteiger partial charge in [-0.3, -0.25) is 14.4 Å². The smallest absolute Gasteiger partial charge is 0.326 e. The SMILES string of the molecule is CSCCC(N)C(=O)NC(Cc1ccc(O)cc1)C(=O)NC(CO)C(=O)NC(CCSC)C(=O)O. The molecule has 1 aromatic rings. The third-order valence-electron chi connectivity index (χ3n) is 5.02. The Labute approximate surface area is 213 Å². The van der Waals surface area contributed by atoms with E-state index in [-0.39, 0.29) is 18.6 Å². The van der Waals surface area contributed by atoms with Gasteiger partial charge in [0.1, 0.15) is 23.9 Å². The molecule has 0 fully saturated rings. The first kappa shape index (κ1) is 30.6. The minimum absolute atomic E-state index is 0.0261. The number of phenolic OH excluding ortho intramolecular Hbond substituents is 1. The van der Waals surface area contributed by atoms with Gasteiger partial charge in [-0.2, -0.15) is 23.5 Å². The highest BCUT2D eigenvalue weighted by Crippen LogP contribution is 2.12. The van der Waals surface area contributed by atoms with E-state index in [1.165, 1.54) is 35.7 Å². The molecule has 0 aliphatic heterocycles. The Morgan fingerprint density at radius 3 is 1.91 bits per heavy atom. The summed E-state index contributed by atoms with van der Waals surface area (Å²) in [5.74, 6) is -2.22. The third kappa shape index (κ3) is 11.2. The summed E-state index contributed by atoms with van der Waals surface area (Å²) >= 11 is 2.94. The number of carbonyl (C=O) groups is 4. The average Bonchev–Trinajstić information content (AvgIpc) is 2.83. The van der Waals surface area contributed by atoms with E-state index in [4.69, 9.17) is 5.73 Å². The number of amides is 3. The van der Waals surface area contributed by atoms with Crippen LogP contribution in [-0.2, 0) is 25.6 Å². The van der Waals surface area contributed by atoms with Gasteiger partial charge < -0.3 is 37.0 Å². The summed E-state index contributed by atoms with van der Waals surface area (Å²) < 4.78 is 0. The maximum Gasteiger partial charge on any atom is 0.326 e. The second kappa shape index (κ2) is 16.2. The first-order valence-electron chi connectivity index (χ1n) is 10.9. The molecule has 4 atom stereocenters. The van der Waals surface area contributed by atoms with Crippen LogP contribution in [0.3, 0.4) is 0 Å². The lowest BCUT2D eigenvalue weighted by Crippen LogP contribution is -2.58. The number of nitrogens with two attached hydrogens (primary N) is 1. The first-order chi connectivity index (χ1) is 16.6. The summed E-state index contributed by atoms with van der Waals surface area (Å²) in [5, 5.41) is 35.8. The maximum absolute atomic E-state index is 13.0. The maximum atomic E-state index is 13.0. The van der Waals surface area contributed by atoms with Crippen molar-refractivity contribution in [3.63, 3.8) is 0 Å². The van der Waals surface area contributed by atoms with E-state index in [0.717, 1.165) is 0 Å². The molecule has 196 valence electrons. The van der Waals surface area contributed by atoms with Gasteiger partial charge in [0, 0.05) is 6.42 Å². The van der Waals surface area contributed by atoms with Crippen LogP contribution in [-0.4, -0.2) is 93.8 Å². The number of hydrogen-bond donors (Lipinski definition) is 7. The number of rotatable bonds is 16. The topological polar surface area (TPSA) is 191 Å². The summed E-state index contributed by atoms with van der Waals surface area (Å²) in [7, 11) is 0. The number of aliphatic hydroxyl groups is 1. The van der Waals surface area contributed by atoms with E-state index < -0.39 is 54.5 Å². The molecule has 13 heteroatoms. The molecule has 1 aromatic carbocycles. The molecule has 3 amide bonds. The van der Waals surface area contributed by atoms with Gasteiger partial charge in [-0.1, -0.05) is 12.1 Å². The van der Waals surface area contributed by atoms with Crippen molar-refractivity contribution in [3.05, 3.63) is 29.8 Å². The van der Waals surface area contributed by atoms with Crippen LogP contribution in [0.15, 0.2) is 24.3 Å². The molecule has 1 rings (SSSR count). The minimum atomic E-state index is -1.43. The molecule has 0 aliphatic carbocycles. The highest BCUT2D eigenvalue weighted by atomic mass is 32.2. The molecule has 0 bridgehead atoms. The molecule has 0 aromatic heterocycles. The summed E-state index contributed by atoms with van der Waals surface area (Å²) in [6.45, 7) is -0.778. The number of thioether (sulfide) groups is 2. The number of aromatic hydroxyl groups is 1. The van der Waals surface area contributed by atoms with Crippen LogP contribution in [0.2, 0.25) is 0 Å². The third-order valence-corrected chi connectivity index (χ3v) is 6.31. The highest BCUT2D eigenvalue weighted by molar-refractivity contribution is 7.98. The quantitative estimate of drug-likeness (QED) is 0.144. The Morgan fingerprint density at radius 1 is 0.857 bits per heavy atom. The molecule has 0 radical (unpaired) electrons. The van der Waals surface area contributed by atoms with Crippen molar-refractivity contribution in [2.75, 3.05) is 30.6 Å². The lowest BCUT2D eigenvalue weighted by Gasteiger charge is -2.24. The van der Waals surface area contributed by atoms with Crippen LogP contribution >= 0.6 is 23.5 Å². The van der Waals surface area contributed by atoms with Crippen molar-refractivity contribution in [1.29, 1.82) is 0 Å². The van der Waals surface area contributed by atoms with Gasteiger partial charge in [-0.15, -0.1) is 0 Å². The monoisotopic (exact) mass is 530 g/mol. The van der Waals surface area contributed by atoms with E-state index in [2.05, 4.69) is 16.0 Å². The molecule has 0 heterocycles. The largest absolute Gasteiger partial charge is 0.508 e. The summed E-state index contributed by atoms with van der Waals surface area (Å²) in [4.78, 5) is 49.6. The predicted molar refractivity (Wildman–Crippen MR) is 136 cm³/mol. The van der Waals surface area contributed by atoms with Crippen LogP contribution in [0.1, 0.15) is 18.4 Å². The zero-order valence-corrected chi connectivity index (χ0v) is 21.4. The number of benzene rings is 1. The summed E-state index contributed by atoms with van der Waals surface area (Å²) in [5.41, 5.74) is 6.53. The van der Waals surface area contributed by atoms with Crippen molar-refractivity contribution in [2.24, 2.45) is 5.73 Å². The normalized spacial score (nSPS) is 14.3. The Balaban J connectivity index is 2.97. The van der Waals surface area contributed by atoms with Gasteiger partial charge in [0.05, 0.1) is 12.6 Å². The van der Waals surface area contributed by atoms with Gasteiger partial charge >= 0.3 is 5.97 Å². The fraction of sp³-hybridized carbons (Fsp3) is 0.545. The number of aliphatic carboxylic acids is 1. The van der Waals surface area contributed by atoms with Crippen LogP contribution in [0.5, 0.6) is 5.75 Å².